The third kappa shape index (κ3) is 3.60. The van der Waals surface area contributed by atoms with Crippen molar-refractivity contribution in [3.63, 3.8) is 0 Å². The standard InChI is InChI=1S/C16H23N5OS/c1-4-13-19-20-14-6-5-11(8-21(13)14)17-15(22)7-12-9-23-16(18-12)10(2)3/h9-11H,4-8H2,1-3H3,(H,17,22). The first-order valence-corrected chi connectivity index (χ1v) is 9.09. The summed E-state index contributed by atoms with van der Waals surface area (Å²) in [6.07, 6.45) is 3.01. The first kappa shape index (κ1) is 16.1. The topological polar surface area (TPSA) is 72.7 Å². The summed E-state index contributed by atoms with van der Waals surface area (Å²) in [7, 11) is 0. The maximum atomic E-state index is 12.3. The quantitative estimate of drug-likeness (QED) is 0.909. The average molecular weight is 333 g/mol. The van der Waals surface area contributed by atoms with E-state index in [4.69, 9.17) is 0 Å². The van der Waals surface area contributed by atoms with Crippen molar-refractivity contribution >= 4 is 17.2 Å². The number of nitrogens with one attached hydrogen (secondary N) is 1. The van der Waals surface area contributed by atoms with Gasteiger partial charge in [0.15, 0.2) is 0 Å². The highest BCUT2D eigenvalue weighted by molar-refractivity contribution is 7.09. The lowest BCUT2D eigenvalue weighted by molar-refractivity contribution is -0.121. The molecule has 0 saturated carbocycles. The molecule has 1 N–H and O–H groups in total. The van der Waals surface area contributed by atoms with Gasteiger partial charge >= 0.3 is 0 Å². The summed E-state index contributed by atoms with van der Waals surface area (Å²) in [5, 5.41) is 14.6. The van der Waals surface area contributed by atoms with Crippen LogP contribution in [0.25, 0.3) is 0 Å². The first-order chi connectivity index (χ1) is 11.1. The number of carbonyl (C=O) groups excluding carboxylic acids is 1. The summed E-state index contributed by atoms with van der Waals surface area (Å²) < 4.78 is 2.15. The normalized spacial score (nSPS) is 17.3. The summed E-state index contributed by atoms with van der Waals surface area (Å²) in [5.41, 5.74) is 0.867. The van der Waals surface area contributed by atoms with Gasteiger partial charge in [0.25, 0.3) is 0 Å². The van der Waals surface area contributed by atoms with Gasteiger partial charge < -0.3 is 9.88 Å². The van der Waals surface area contributed by atoms with Crippen LogP contribution in [-0.2, 0) is 30.6 Å². The molecule has 0 bridgehead atoms. The minimum absolute atomic E-state index is 0.0465. The lowest BCUT2D eigenvalue weighted by Gasteiger charge is -2.25. The van der Waals surface area contributed by atoms with E-state index >= 15 is 0 Å². The molecule has 1 amide bonds. The van der Waals surface area contributed by atoms with E-state index in [1.165, 1.54) is 0 Å². The monoisotopic (exact) mass is 333 g/mol. The SMILES string of the molecule is CCc1nnc2n1CC(NC(=O)Cc1csc(C(C)C)n1)CC2. The Morgan fingerprint density at radius 1 is 1.48 bits per heavy atom. The number of hydrogen-bond acceptors (Lipinski definition) is 5. The van der Waals surface area contributed by atoms with Gasteiger partial charge in [-0.25, -0.2) is 4.98 Å². The Morgan fingerprint density at radius 2 is 2.30 bits per heavy atom. The minimum atomic E-state index is 0.0465. The number of aromatic nitrogens is 4. The van der Waals surface area contributed by atoms with E-state index < -0.39 is 0 Å². The fraction of sp³-hybridized carbons (Fsp3) is 0.625. The Labute approximate surface area is 140 Å². The van der Waals surface area contributed by atoms with E-state index in [1.54, 1.807) is 11.3 Å². The Hall–Kier alpha value is -1.76. The predicted octanol–water partition coefficient (Wildman–Crippen LogP) is 2.09. The first-order valence-electron chi connectivity index (χ1n) is 8.21. The third-order valence-electron chi connectivity index (χ3n) is 4.11. The highest BCUT2D eigenvalue weighted by atomic mass is 32.1. The average Bonchev–Trinajstić information content (AvgIpc) is 3.13. The molecule has 1 unspecified atom stereocenters. The third-order valence-corrected chi connectivity index (χ3v) is 5.30. The van der Waals surface area contributed by atoms with E-state index in [1.807, 2.05) is 5.38 Å². The van der Waals surface area contributed by atoms with Crippen LogP contribution in [0.5, 0.6) is 0 Å². The van der Waals surface area contributed by atoms with Gasteiger partial charge in [0.1, 0.15) is 11.6 Å². The highest BCUT2D eigenvalue weighted by Gasteiger charge is 2.23. The number of hydrogen-bond donors (Lipinski definition) is 1. The van der Waals surface area contributed by atoms with E-state index in [0.717, 1.165) is 48.2 Å². The van der Waals surface area contributed by atoms with Crippen LogP contribution in [0.4, 0.5) is 0 Å². The number of amides is 1. The summed E-state index contributed by atoms with van der Waals surface area (Å²) in [4.78, 5) is 16.8. The minimum Gasteiger partial charge on any atom is -0.351 e. The molecule has 7 heteroatoms. The molecule has 3 rings (SSSR count). The smallest absolute Gasteiger partial charge is 0.226 e. The van der Waals surface area contributed by atoms with Gasteiger partial charge in [-0.3, -0.25) is 4.79 Å². The summed E-state index contributed by atoms with van der Waals surface area (Å²) in [5.74, 6) is 2.49. The van der Waals surface area contributed by atoms with Gasteiger partial charge in [-0.15, -0.1) is 21.5 Å². The van der Waals surface area contributed by atoms with Gasteiger partial charge in [-0.2, -0.15) is 0 Å². The lowest BCUT2D eigenvalue weighted by atomic mass is 10.1. The summed E-state index contributed by atoms with van der Waals surface area (Å²) in [6.45, 7) is 7.08. The van der Waals surface area contributed by atoms with E-state index in [-0.39, 0.29) is 11.9 Å². The van der Waals surface area contributed by atoms with Gasteiger partial charge in [-0.1, -0.05) is 20.8 Å². The zero-order valence-corrected chi connectivity index (χ0v) is 14.7. The van der Waals surface area contributed by atoms with Crippen molar-refractivity contribution < 1.29 is 4.79 Å². The number of carbonyl (C=O) groups is 1. The molecule has 23 heavy (non-hydrogen) atoms. The van der Waals surface area contributed by atoms with Crippen LogP contribution in [0.3, 0.4) is 0 Å². The van der Waals surface area contributed by atoms with Crippen molar-refractivity contribution in [1.82, 2.24) is 25.1 Å². The maximum absolute atomic E-state index is 12.3. The lowest BCUT2D eigenvalue weighted by Crippen LogP contribution is -2.42. The van der Waals surface area contributed by atoms with Crippen molar-refractivity contribution in [2.75, 3.05) is 0 Å². The van der Waals surface area contributed by atoms with Gasteiger partial charge in [-0.05, 0) is 6.42 Å². The van der Waals surface area contributed by atoms with Crippen LogP contribution in [0.15, 0.2) is 5.38 Å². The van der Waals surface area contributed by atoms with Crippen LogP contribution in [0, 0.1) is 0 Å². The van der Waals surface area contributed by atoms with E-state index in [2.05, 4.69) is 45.8 Å². The number of aryl methyl sites for hydroxylation is 2. The zero-order chi connectivity index (χ0) is 16.4. The van der Waals surface area contributed by atoms with Crippen molar-refractivity contribution in [2.45, 2.75) is 65.0 Å². The summed E-state index contributed by atoms with van der Waals surface area (Å²) >= 11 is 1.63. The van der Waals surface area contributed by atoms with Crippen LogP contribution < -0.4 is 5.32 Å². The largest absolute Gasteiger partial charge is 0.351 e. The molecule has 124 valence electrons. The molecule has 0 fully saturated rings. The van der Waals surface area contributed by atoms with Crippen LogP contribution in [-0.4, -0.2) is 31.7 Å². The maximum Gasteiger partial charge on any atom is 0.226 e. The molecule has 6 nitrogen and oxygen atoms in total. The predicted molar refractivity (Wildman–Crippen MR) is 89.6 cm³/mol. The summed E-state index contributed by atoms with van der Waals surface area (Å²) in [6, 6.07) is 0.152. The van der Waals surface area contributed by atoms with Crippen molar-refractivity contribution in [2.24, 2.45) is 0 Å². The van der Waals surface area contributed by atoms with E-state index in [0.29, 0.717) is 12.3 Å². The Kier molecular flexibility index (Phi) is 4.75. The molecule has 0 saturated heterocycles. The molecular formula is C16H23N5OS. The molecule has 3 heterocycles. The van der Waals surface area contributed by atoms with Crippen molar-refractivity contribution in [3.05, 3.63) is 27.7 Å². The molecule has 1 aliphatic heterocycles. The van der Waals surface area contributed by atoms with Gasteiger partial charge in [0, 0.05) is 36.7 Å². The highest BCUT2D eigenvalue weighted by Crippen LogP contribution is 2.20. The molecule has 0 aromatic carbocycles. The Morgan fingerprint density at radius 3 is 3.00 bits per heavy atom. The second-order valence-corrected chi connectivity index (χ2v) is 7.20. The molecule has 2 aromatic heterocycles. The van der Waals surface area contributed by atoms with Crippen LogP contribution in [0.2, 0.25) is 0 Å². The van der Waals surface area contributed by atoms with Gasteiger partial charge in [0.2, 0.25) is 5.91 Å². The second kappa shape index (κ2) is 6.78. The molecule has 0 radical (unpaired) electrons. The molecule has 1 aliphatic rings. The fourth-order valence-electron chi connectivity index (χ4n) is 2.87. The van der Waals surface area contributed by atoms with Crippen molar-refractivity contribution in [1.29, 1.82) is 0 Å². The molecule has 0 aliphatic carbocycles. The number of thiazole rings is 1. The fourth-order valence-corrected chi connectivity index (χ4v) is 3.71. The van der Waals surface area contributed by atoms with Gasteiger partial charge in [0.05, 0.1) is 17.1 Å². The second-order valence-electron chi connectivity index (χ2n) is 6.31. The van der Waals surface area contributed by atoms with E-state index in [9.17, 15) is 4.79 Å². The Bertz CT molecular complexity index is 677. The molecule has 2 aromatic rings. The molecule has 1 atom stereocenters. The number of rotatable bonds is 5. The zero-order valence-electron chi connectivity index (χ0n) is 13.9. The Balaban J connectivity index is 1.58. The molecule has 0 spiro atoms. The molecular weight excluding hydrogens is 310 g/mol. The van der Waals surface area contributed by atoms with Crippen LogP contribution >= 0.6 is 11.3 Å². The van der Waals surface area contributed by atoms with Crippen LogP contribution in [0.1, 0.15) is 55.5 Å². The number of nitrogens with zero attached hydrogens (tertiary/aromatic N) is 4. The van der Waals surface area contributed by atoms with Crippen molar-refractivity contribution in [3.8, 4) is 0 Å². The number of fused-ring (bicyclic) bond motifs is 1.